The Kier molecular flexibility index (Phi) is 3.64. The van der Waals surface area contributed by atoms with Gasteiger partial charge in [0, 0.05) is 6.07 Å². The highest BCUT2D eigenvalue weighted by Crippen LogP contribution is 2.04. The van der Waals surface area contributed by atoms with Crippen LogP contribution < -0.4 is 0 Å². The van der Waals surface area contributed by atoms with Gasteiger partial charge in [0.1, 0.15) is 0 Å². The van der Waals surface area contributed by atoms with Crippen molar-refractivity contribution in [2.24, 2.45) is 0 Å². The van der Waals surface area contributed by atoms with Crippen LogP contribution in [0.25, 0.3) is 0 Å². The number of aromatic nitrogens is 1. The topological polar surface area (TPSA) is 55.6 Å². The molecule has 0 aliphatic carbocycles. The van der Waals surface area contributed by atoms with Crippen LogP contribution in [-0.4, -0.2) is 36.7 Å². The molecule has 0 saturated heterocycles. The van der Waals surface area contributed by atoms with E-state index in [1.165, 1.54) is 7.11 Å². The summed E-state index contributed by atoms with van der Waals surface area (Å²) in [6, 6.07) is 1.84. The number of rotatable bonds is 4. The Balaban J connectivity index is 2.41. The van der Waals surface area contributed by atoms with Crippen molar-refractivity contribution in [2.75, 3.05) is 20.7 Å². The molecule has 1 aromatic heterocycles. The van der Waals surface area contributed by atoms with Gasteiger partial charge in [0.15, 0.2) is 5.76 Å². The van der Waals surface area contributed by atoms with E-state index in [0.29, 0.717) is 6.54 Å². The Labute approximate surface area is 82.6 Å². The van der Waals surface area contributed by atoms with Crippen LogP contribution in [0.15, 0.2) is 10.6 Å². The first-order chi connectivity index (χ1) is 6.61. The zero-order valence-corrected chi connectivity index (χ0v) is 8.61. The fourth-order valence-corrected chi connectivity index (χ4v) is 1.10. The Hall–Kier alpha value is -1.36. The number of carbonyl (C=O) groups excluding carboxylic acids is 1. The molecule has 0 fully saturated rings. The Morgan fingerprint density at radius 1 is 1.71 bits per heavy atom. The number of ether oxygens (including phenoxy) is 1. The molecule has 5 heteroatoms. The summed E-state index contributed by atoms with van der Waals surface area (Å²) in [6.45, 7) is 2.65. The molecule has 78 valence electrons. The molecule has 0 N–H and O–H groups in total. The average molecular weight is 198 g/mol. The number of esters is 1. The van der Waals surface area contributed by atoms with Crippen molar-refractivity contribution in [1.29, 1.82) is 0 Å². The van der Waals surface area contributed by atoms with E-state index in [0.717, 1.165) is 11.5 Å². The lowest BCUT2D eigenvalue weighted by atomic mass is 10.3. The van der Waals surface area contributed by atoms with Crippen molar-refractivity contribution in [2.45, 2.75) is 13.5 Å². The fraction of sp³-hybridized carbons (Fsp3) is 0.556. The van der Waals surface area contributed by atoms with Crippen LogP contribution in [0.4, 0.5) is 0 Å². The highest BCUT2D eigenvalue weighted by Gasteiger charge is 2.09. The summed E-state index contributed by atoms with van der Waals surface area (Å²) in [7, 11) is 3.18. The first-order valence-electron chi connectivity index (χ1n) is 4.29. The molecule has 0 aliphatic heterocycles. The molecule has 1 heterocycles. The molecule has 1 aromatic rings. The number of nitrogens with zero attached hydrogens (tertiary/aromatic N) is 2. The summed E-state index contributed by atoms with van der Waals surface area (Å²) >= 11 is 0. The van der Waals surface area contributed by atoms with E-state index in [4.69, 9.17) is 4.52 Å². The Morgan fingerprint density at radius 3 is 2.93 bits per heavy atom. The van der Waals surface area contributed by atoms with E-state index >= 15 is 0 Å². The first kappa shape index (κ1) is 10.7. The second-order valence-corrected chi connectivity index (χ2v) is 3.18. The quantitative estimate of drug-likeness (QED) is 0.663. The van der Waals surface area contributed by atoms with Gasteiger partial charge in [0.05, 0.1) is 25.9 Å². The van der Waals surface area contributed by atoms with Gasteiger partial charge in [-0.05, 0) is 14.0 Å². The van der Waals surface area contributed by atoms with Gasteiger partial charge in [-0.15, -0.1) is 0 Å². The third-order valence-electron chi connectivity index (χ3n) is 1.73. The molecular weight excluding hydrogens is 184 g/mol. The van der Waals surface area contributed by atoms with Crippen LogP contribution in [0.3, 0.4) is 0 Å². The maximum absolute atomic E-state index is 10.9. The van der Waals surface area contributed by atoms with Crippen LogP contribution in [-0.2, 0) is 16.1 Å². The second kappa shape index (κ2) is 4.76. The van der Waals surface area contributed by atoms with Gasteiger partial charge in [0.25, 0.3) is 0 Å². The molecule has 0 aromatic carbocycles. The molecule has 1 rings (SSSR count). The smallest absolute Gasteiger partial charge is 0.319 e. The van der Waals surface area contributed by atoms with Crippen LogP contribution in [0.1, 0.15) is 11.5 Å². The predicted molar refractivity (Wildman–Crippen MR) is 49.6 cm³/mol. The van der Waals surface area contributed by atoms with E-state index in [-0.39, 0.29) is 12.5 Å². The minimum atomic E-state index is -0.260. The van der Waals surface area contributed by atoms with Crippen molar-refractivity contribution < 1.29 is 14.1 Å². The van der Waals surface area contributed by atoms with Crippen molar-refractivity contribution in [3.05, 3.63) is 17.5 Å². The Bertz CT molecular complexity index is 309. The third-order valence-corrected chi connectivity index (χ3v) is 1.73. The van der Waals surface area contributed by atoms with E-state index in [2.05, 4.69) is 9.89 Å². The van der Waals surface area contributed by atoms with Gasteiger partial charge >= 0.3 is 5.97 Å². The third kappa shape index (κ3) is 3.18. The lowest BCUT2D eigenvalue weighted by Crippen LogP contribution is -2.26. The molecule has 0 atom stereocenters. The second-order valence-electron chi connectivity index (χ2n) is 3.18. The van der Waals surface area contributed by atoms with E-state index in [1.54, 1.807) is 4.90 Å². The summed E-state index contributed by atoms with van der Waals surface area (Å²) in [6.07, 6.45) is 0. The minimum Gasteiger partial charge on any atom is -0.468 e. The highest BCUT2D eigenvalue weighted by atomic mass is 16.5. The van der Waals surface area contributed by atoms with Crippen LogP contribution in [0.2, 0.25) is 0 Å². The van der Waals surface area contributed by atoms with Crippen LogP contribution in [0.5, 0.6) is 0 Å². The molecule has 14 heavy (non-hydrogen) atoms. The van der Waals surface area contributed by atoms with E-state index in [9.17, 15) is 4.79 Å². The van der Waals surface area contributed by atoms with Gasteiger partial charge in [-0.2, -0.15) is 0 Å². The summed E-state index contributed by atoms with van der Waals surface area (Å²) in [5.74, 6) is 0.484. The SMILES string of the molecule is COC(=O)CN(C)Cc1cc(C)no1. The molecule has 0 aliphatic rings. The van der Waals surface area contributed by atoms with Crippen molar-refractivity contribution in [3.63, 3.8) is 0 Å². The summed E-state index contributed by atoms with van der Waals surface area (Å²) in [4.78, 5) is 12.7. The normalized spacial score (nSPS) is 10.6. The number of hydrogen-bond donors (Lipinski definition) is 0. The van der Waals surface area contributed by atoms with Gasteiger partial charge in [-0.1, -0.05) is 5.16 Å². The van der Waals surface area contributed by atoms with Gasteiger partial charge < -0.3 is 9.26 Å². The maximum Gasteiger partial charge on any atom is 0.319 e. The average Bonchev–Trinajstić information content (AvgIpc) is 2.50. The molecule has 0 saturated carbocycles. The minimum absolute atomic E-state index is 0.246. The van der Waals surface area contributed by atoms with Crippen LogP contribution in [0, 0.1) is 6.92 Å². The fourth-order valence-electron chi connectivity index (χ4n) is 1.10. The molecule has 5 nitrogen and oxygen atoms in total. The number of hydrogen-bond acceptors (Lipinski definition) is 5. The molecule has 0 amide bonds. The number of methoxy groups -OCH3 is 1. The summed E-state index contributed by atoms with van der Waals surface area (Å²) < 4.78 is 9.54. The van der Waals surface area contributed by atoms with E-state index in [1.807, 2.05) is 20.0 Å². The number of likely N-dealkylation sites (N-methyl/N-ethyl adjacent to an activating group) is 1. The van der Waals surface area contributed by atoms with Crippen LogP contribution >= 0.6 is 0 Å². The molecule has 0 radical (unpaired) electrons. The molecule has 0 bridgehead atoms. The molecular formula is C9H14N2O3. The van der Waals surface area contributed by atoms with E-state index < -0.39 is 0 Å². The summed E-state index contributed by atoms with van der Waals surface area (Å²) in [5.41, 5.74) is 0.839. The lowest BCUT2D eigenvalue weighted by Gasteiger charge is -2.12. The molecule has 0 unspecified atom stereocenters. The monoisotopic (exact) mass is 198 g/mol. The predicted octanol–water partition coefficient (Wildman–Crippen LogP) is 0.588. The standard InChI is InChI=1S/C9H14N2O3/c1-7-4-8(14-10-7)5-11(2)6-9(12)13-3/h4H,5-6H2,1-3H3. The van der Waals surface area contributed by atoms with Crippen molar-refractivity contribution in [3.8, 4) is 0 Å². The zero-order chi connectivity index (χ0) is 10.6. The van der Waals surface area contributed by atoms with Gasteiger partial charge in [-0.3, -0.25) is 9.69 Å². The van der Waals surface area contributed by atoms with Crippen molar-refractivity contribution >= 4 is 5.97 Å². The zero-order valence-electron chi connectivity index (χ0n) is 8.61. The van der Waals surface area contributed by atoms with Crippen molar-refractivity contribution in [1.82, 2.24) is 10.1 Å². The largest absolute Gasteiger partial charge is 0.468 e. The Morgan fingerprint density at radius 2 is 2.43 bits per heavy atom. The lowest BCUT2D eigenvalue weighted by molar-refractivity contribution is -0.141. The highest BCUT2D eigenvalue weighted by molar-refractivity contribution is 5.71. The van der Waals surface area contributed by atoms with Gasteiger partial charge in [-0.25, -0.2) is 0 Å². The number of carbonyl (C=O) groups is 1. The summed E-state index contributed by atoms with van der Waals surface area (Å²) in [5, 5.41) is 3.75. The maximum atomic E-state index is 10.9. The first-order valence-corrected chi connectivity index (χ1v) is 4.29. The van der Waals surface area contributed by atoms with Gasteiger partial charge in [0.2, 0.25) is 0 Å². The molecule has 0 spiro atoms. The number of aryl methyl sites for hydroxylation is 1.